The molecule has 0 saturated heterocycles. The average molecular weight is 315 g/mol. The van der Waals surface area contributed by atoms with Gasteiger partial charge in [0.1, 0.15) is 0 Å². The summed E-state index contributed by atoms with van der Waals surface area (Å²) in [5.74, 6) is 0.262. The molecule has 0 aliphatic heterocycles. The minimum atomic E-state index is -0.0391. The first-order valence-corrected chi connectivity index (χ1v) is 8.16. The van der Waals surface area contributed by atoms with Crippen molar-refractivity contribution < 1.29 is 4.79 Å². The van der Waals surface area contributed by atoms with Crippen molar-refractivity contribution in [3.8, 4) is 0 Å². The third-order valence-electron chi connectivity index (χ3n) is 3.24. The standard InChI is InChI=1S/C17H21N3OS/c1-10-6-11(2)16(12(3)7-10)20-15(21)9-22-17-18-13(4)8-14(5)19-17/h6-8H,9H2,1-5H3,(H,20,21). The largest absolute Gasteiger partial charge is 0.325 e. The molecule has 22 heavy (non-hydrogen) atoms. The molecule has 0 fully saturated rings. The van der Waals surface area contributed by atoms with Crippen LogP contribution in [-0.4, -0.2) is 21.6 Å². The first-order valence-electron chi connectivity index (χ1n) is 7.18. The highest BCUT2D eigenvalue weighted by molar-refractivity contribution is 7.99. The number of anilines is 1. The van der Waals surface area contributed by atoms with E-state index in [2.05, 4.69) is 34.3 Å². The van der Waals surface area contributed by atoms with Gasteiger partial charge in [-0.1, -0.05) is 29.5 Å². The van der Waals surface area contributed by atoms with Crippen LogP contribution in [0.1, 0.15) is 28.1 Å². The van der Waals surface area contributed by atoms with Gasteiger partial charge in [-0.05, 0) is 51.8 Å². The lowest BCUT2D eigenvalue weighted by molar-refractivity contribution is -0.113. The Balaban J connectivity index is 2.02. The Labute approximate surface area is 135 Å². The van der Waals surface area contributed by atoms with Crippen LogP contribution in [0.15, 0.2) is 23.4 Å². The van der Waals surface area contributed by atoms with E-state index in [1.165, 1.54) is 17.3 Å². The summed E-state index contributed by atoms with van der Waals surface area (Å²) in [6, 6.07) is 6.06. The predicted octanol–water partition coefficient (Wildman–Crippen LogP) is 3.75. The number of nitrogens with zero attached hydrogens (tertiary/aromatic N) is 2. The van der Waals surface area contributed by atoms with E-state index in [0.717, 1.165) is 28.2 Å². The van der Waals surface area contributed by atoms with Crippen molar-refractivity contribution in [1.29, 1.82) is 0 Å². The van der Waals surface area contributed by atoms with Crippen molar-refractivity contribution in [2.24, 2.45) is 0 Å². The number of aromatic nitrogens is 2. The molecule has 1 aromatic carbocycles. The Morgan fingerprint density at radius 3 is 2.09 bits per heavy atom. The summed E-state index contributed by atoms with van der Waals surface area (Å²) >= 11 is 1.36. The second-order valence-corrected chi connectivity index (χ2v) is 6.49. The number of rotatable bonds is 4. The molecule has 0 saturated carbocycles. The molecule has 2 rings (SSSR count). The van der Waals surface area contributed by atoms with Gasteiger partial charge in [0, 0.05) is 17.1 Å². The molecule has 2 aromatic rings. The third-order valence-corrected chi connectivity index (χ3v) is 4.08. The SMILES string of the molecule is Cc1cc(C)c(NC(=O)CSc2nc(C)cc(C)n2)c(C)c1. The maximum Gasteiger partial charge on any atom is 0.234 e. The van der Waals surface area contributed by atoms with E-state index >= 15 is 0 Å². The third kappa shape index (κ3) is 4.31. The monoisotopic (exact) mass is 315 g/mol. The summed E-state index contributed by atoms with van der Waals surface area (Å²) in [7, 11) is 0. The molecule has 0 aliphatic carbocycles. The van der Waals surface area contributed by atoms with Crippen molar-refractivity contribution in [2.45, 2.75) is 39.8 Å². The van der Waals surface area contributed by atoms with Gasteiger partial charge in [0.15, 0.2) is 5.16 Å². The average Bonchev–Trinajstić information content (AvgIpc) is 2.39. The Bertz CT molecular complexity index is 670. The molecule has 0 aliphatic rings. The van der Waals surface area contributed by atoms with E-state index in [4.69, 9.17) is 0 Å². The lowest BCUT2D eigenvalue weighted by atomic mass is 10.1. The van der Waals surface area contributed by atoms with Gasteiger partial charge in [-0.3, -0.25) is 4.79 Å². The Hall–Kier alpha value is -1.88. The van der Waals surface area contributed by atoms with Crippen LogP contribution in [0.2, 0.25) is 0 Å². The molecule has 0 spiro atoms. The van der Waals surface area contributed by atoms with Crippen LogP contribution in [0, 0.1) is 34.6 Å². The lowest BCUT2D eigenvalue weighted by Gasteiger charge is -2.12. The van der Waals surface area contributed by atoms with Crippen LogP contribution in [0.3, 0.4) is 0 Å². The molecule has 0 radical (unpaired) electrons. The molecule has 1 heterocycles. The second kappa shape index (κ2) is 6.92. The number of amides is 1. The maximum atomic E-state index is 12.2. The van der Waals surface area contributed by atoms with Crippen molar-refractivity contribution in [1.82, 2.24) is 9.97 Å². The van der Waals surface area contributed by atoms with E-state index in [-0.39, 0.29) is 5.91 Å². The topological polar surface area (TPSA) is 54.9 Å². The Morgan fingerprint density at radius 2 is 1.55 bits per heavy atom. The zero-order valence-corrected chi connectivity index (χ0v) is 14.5. The zero-order valence-electron chi connectivity index (χ0n) is 13.7. The Kier molecular flexibility index (Phi) is 5.19. The highest BCUT2D eigenvalue weighted by atomic mass is 32.2. The van der Waals surface area contributed by atoms with Gasteiger partial charge in [0.25, 0.3) is 0 Å². The summed E-state index contributed by atoms with van der Waals surface area (Å²) in [5.41, 5.74) is 6.10. The van der Waals surface area contributed by atoms with Gasteiger partial charge < -0.3 is 5.32 Å². The number of carbonyl (C=O) groups is 1. The molecular formula is C17H21N3OS. The van der Waals surface area contributed by atoms with Gasteiger partial charge in [-0.25, -0.2) is 9.97 Å². The number of carbonyl (C=O) groups excluding carboxylic acids is 1. The minimum absolute atomic E-state index is 0.0391. The van der Waals surface area contributed by atoms with E-state index in [1.54, 1.807) is 0 Å². The van der Waals surface area contributed by atoms with Crippen molar-refractivity contribution in [2.75, 3.05) is 11.1 Å². The van der Waals surface area contributed by atoms with Crippen molar-refractivity contribution in [3.05, 3.63) is 46.3 Å². The van der Waals surface area contributed by atoms with E-state index in [9.17, 15) is 4.79 Å². The zero-order chi connectivity index (χ0) is 16.3. The Morgan fingerprint density at radius 1 is 1.00 bits per heavy atom. The van der Waals surface area contributed by atoms with Gasteiger partial charge in [0.05, 0.1) is 5.75 Å². The summed E-state index contributed by atoms with van der Waals surface area (Å²) in [6.07, 6.45) is 0. The van der Waals surface area contributed by atoms with Gasteiger partial charge in [-0.2, -0.15) is 0 Å². The number of hydrogen-bond donors (Lipinski definition) is 1. The molecule has 0 bridgehead atoms. The molecule has 1 amide bonds. The fraction of sp³-hybridized carbons (Fsp3) is 0.353. The molecule has 0 atom stereocenters. The van der Waals surface area contributed by atoms with E-state index in [0.29, 0.717) is 10.9 Å². The first-order chi connectivity index (χ1) is 10.3. The molecule has 4 nitrogen and oxygen atoms in total. The molecule has 1 N–H and O–H groups in total. The molecule has 116 valence electrons. The summed E-state index contributed by atoms with van der Waals surface area (Å²) in [4.78, 5) is 20.8. The van der Waals surface area contributed by atoms with Crippen LogP contribution in [0.5, 0.6) is 0 Å². The normalized spacial score (nSPS) is 10.6. The van der Waals surface area contributed by atoms with E-state index < -0.39 is 0 Å². The molecular weight excluding hydrogens is 294 g/mol. The van der Waals surface area contributed by atoms with Crippen LogP contribution in [0.25, 0.3) is 0 Å². The summed E-state index contributed by atoms with van der Waals surface area (Å²) in [5, 5.41) is 3.63. The maximum absolute atomic E-state index is 12.2. The number of benzene rings is 1. The molecule has 5 heteroatoms. The van der Waals surface area contributed by atoms with E-state index in [1.807, 2.05) is 33.8 Å². The number of thioether (sulfide) groups is 1. The number of nitrogens with one attached hydrogen (secondary N) is 1. The van der Waals surface area contributed by atoms with Gasteiger partial charge in [0.2, 0.25) is 5.91 Å². The number of hydrogen-bond acceptors (Lipinski definition) is 4. The minimum Gasteiger partial charge on any atom is -0.325 e. The van der Waals surface area contributed by atoms with Crippen LogP contribution >= 0.6 is 11.8 Å². The summed E-state index contributed by atoms with van der Waals surface area (Å²) < 4.78 is 0. The summed E-state index contributed by atoms with van der Waals surface area (Å²) in [6.45, 7) is 9.93. The second-order valence-electron chi connectivity index (χ2n) is 5.54. The lowest BCUT2D eigenvalue weighted by Crippen LogP contribution is -2.16. The molecule has 0 unspecified atom stereocenters. The molecule has 1 aromatic heterocycles. The number of aryl methyl sites for hydroxylation is 5. The van der Waals surface area contributed by atoms with Crippen molar-refractivity contribution in [3.63, 3.8) is 0 Å². The first kappa shape index (κ1) is 16.5. The van der Waals surface area contributed by atoms with Crippen molar-refractivity contribution >= 4 is 23.4 Å². The predicted molar refractivity (Wildman–Crippen MR) is 91.5 cm³/mol. The highest BCUT2D eigenvalue weighted by Gasteiger charge is 2.10. The van der Waals surface area contributed by atoms with Crippen LogP contribution in [-0.2, 0) is 4.79 Å². The fourth-order valence-corrected chi connectivity index (χ4v) is 3.19. The van der Waals surface area contributed by atoms with Gasteiger partial charge in [-0.15, -0.1) is 0 Å². The van der Waals surface area contributed by atoms with Gasteiger partial charge >= 0.3 is 0 Å². The fourth-order valence-electron chi connectivity index (χ4n) is 2.44. The smallest absolute Gasteiger partial charge is 0.234 e. The van der Waals surface area contributed by atoms with Crippen LogP contribution < -0.4 is 5.32 Å². The quantitative estimate of drug-likeness (QED) is 0.689. The van der Waals surface area contributed by atoms with Crippen LogP contribution in [0.4, 0.5) is 5.69 Å². The highest BCUT2D eigenvalue weighted by Crippen LogP contribution is 2.22.